The highest BCUT2D eigenvalue weighted by atomic mass is 32.5. The third-order valence-corrected chi connectivity index (χ3v) is 8.86. The van der Waals surface area contributed by atoms with Gasteiger partial charge in [0.05, 0.1) is 26.4 Å². The van der Waals surface area contributed by atoms with Gasteiger partial charge in [0.1, 0.15) is 0 Å². The van der Waals surface area contributed by atoms with E-state index in [1.807, 2.05) is 27.7 Å². The van der Waals surface area contributed by atoms with Crippen molar-refractivity contribution in [3.63, 3.8) is 0 Å². The van der Waals surface area contributed by atoms with Crippen LogP contribution in [-0.4, -0.2) is 37.4 Å². The molecule has 0 N–H and O–H groups in total. The van der Waals surface area contributed by atoms with Crippen LogP contribution < -0.4 is 4.74 Å². The van der Waals surface area contributed by atoms with E-state index in [9.17, 15) is 4.79 Å². The normalized spacial score (nSPS) is 11.5. The number of rotatable bonds is 12. The lowest BCUT2D eigenvalue weighted by Crippen LogP contribution is -2.06. The zero-order chi connectivity index (χ0) is 21.5. The molecule has 1 heterocycles. The van der Waals surface area contributed by atoms with Crippen molar-refractivity contribution in [2.45, 2.75) is 41.0 Å². The summed E-state index contributed by atoms with van der Waals surface area (Å²) in [6.45, 7) is 4.83. The summed E-state index contributed by atoms with van der Waals surface area (Å²) in [5.74, 6) is 0.100. The van der Waals surface area contributed by atoms with E-state index in [-0.39, 0.29) is 5.97 Å². The fraction of sp³-hybridized carbons (Fsp3) is 0.625. The van der Waals surface area contributed by atoms with E-state index in [2.05, 4.69) is 4.98 Å². The van der Waals surface area contributed by atoms with Gasteiger partial charge < -0.3 is 22.8 Å². The summed E-state index contributed by atoms with van der Waals surface area (Å²) in [6.07, 6.45) is 1.95. The fourth-order valence-corrected chi connectivity index (χ4v) is 7.89. The lowest BCUT2D eigenvalue weighted by atomic mass is 10.5. The van der Waals surface area contributed by atoms with Crippen LogP contribution in [0.25, 0.3) is 0 Å². The van der Waals surface area contributed by atoms with Crippen LogP contribution in [0.2, 0.25) is 0 Å². The standard InChI is InChI=1S/C8H9NO2.C8H20O5P2S2/c1-2-8(10)11-7-5-3-4-6-9-7;1-5-9-14(16,10-6-2)13-15(17,11-7-3)12-8-4/h3-6H,2H2,1H3;5-8H2,1-4H3. The largest absolute Gasteiger partial charge is 0.407 e. The molecule has 0 amide bonds. The molecule has 0 spiro atoms. The lowest BCUT2D eigenvalue weighted by Gasteiger charge is -2.27. The number of pyridine rings is 1. The van der Waals surface area contributed by atoms with Crippen LogP contribution in [0.4, 0.5) is 0 Å². The molecule has 12 heteroatoms. The first-order valence-electron chi connectivity index (χ1n) is 8.89. The fourth-order valence-electron chi connectivity index (χ4n) is 1.52. The number of esters is 1. The molecule has 0 aliphatic rings. The summed E-state index contributed by atoms with van der Waals surface area (Å²) in [5.41, 5.74) is 0. The molecule has 8 nitrogen and oxygen atoms in total. The Morgan fingerprint density at radius 1 is 0.893 bits per heavy atom. The molecule has 0 saturated heterocycles. The van der Waals surface area contributed by atoms with Gasteiger partial charge in [-0.1, -0.05) is 13.0 Å². The first-order chi connectivity index (χ1) is 13.3. The maximum Gasteiger partial charge on any atom is 0.334 e. The lowest BCUT2D eigenvalue weighted by molar-refractivity contribution is -0.134. The first kappa shape index (κ1) is 27.7. The number of hydrogen-bond acceptors (Lipinski definition) is 10. The average Bonchev–Trinajstić information content (AvgIpc) is 2.63. The maximum atomic E-state index is 10.7. The molecular formula is C16H29NO7P2S2. The Hall–Kier alpha value is -0.280. The van der Waals surface area contributed by atoms with E-state index in [0.717, 1.165) is 0 Å². The van der Waals surface area contributed by atoms with Gasteiger partial charge in [0.15, 0.2) is 0 Å². The second-order valence-corrected chi connectivity index (χ2v) is 10.8. The third-order valence-electron chi connectivity index (χ3n) is 2.49. The molecule has 0 fully saturated rings. The molecule has 1 aromatic rings. The minimum absolute atomic E-state index is 0.260. The average molecular weight is 473 g/mol. The molecule has 0 aliphatic heterocycles. The highest BCUT2D eigenvalue weighted by molar-refractivity contribution is 8.14. The van der Waals surface area contributed by atoms with Crippen LogP contribution in [0.3, 0.4) is 0 Å². The quantitative estimate of drug-likeness (QED) is 0.305. The number of hydrogen-bond donors (Lipinski definition) is 0. The van der Waals surface area contributed by atoms with Gasteiger partial charge in [0.2, 0.25) is 5.88 Å². The molecule has 162 valence electrons. The first-order valence-corrected chi connectivity index (χ1v) is 14.0. The predicted molar refractivity (Wildman–Crippen MR) is 116 cm³/mol. The van der Waals surface area contributed by atoms with Crippen LogP contribution >= 0.6 is 13.4 Å². The SMILES string of the molecule is CCC(=O)Oc1ccccn1.CCOP(=S)(OCC)OP(=S)(OCC)OCC. The third kappa shape index (κ3) is 12.3. The zero-order valence-corrected chi connectivity index (χ0v) is 20.3. The second-order valence-electron chi connectivity index (χ2n) is 4.64. The number of aromatic nitrogens is 1. The van der Waals surface area contributed by atoms with E-state index in [4.69, 9.17) is 50.8 Å². The van der Waals surface area contributed by atoms with Crippen molar-refractivity contribution in [2.75, 3.05) is 26.4 Å². The Morgan fingerprint density at radius 3 is 1.68 bits per heavy atom. The number of ether oxygens (including phenoxy) is 1. The van der Waals surface area contributed by atoms with E-state index < -0.39 is 13.4 Å². The summed E-state index contributed by atoms with van der Waals surface area (Å²) in [5, 5.41) is 0. The van der Waals surface area contributed by atoms with Crippen molar-refractivity contribution < 1.29 is 31.9 Å². The summed E-state index contributed by atoms with van der Waals surface area (Å²) in [7, 11) is 0. The van der Waals surface area contributed by atoms with Gasteiger partial charge in [0, 0.05) is 18.7 Å². The summed E-state index contributed by atoms with van der Waals surface area (Å²) in [4.78, 5) is 14.5. The minimum atomic E-state index is -2.87. The molecule has 0 unspecified atom stereocenters. The molecule has 28 heavy (non-hydrogen) atoms. The van der Waals surface area contributed by atoms with Crippen molar-refractivity contribution >= 4 is 43.0 Å². The highest BCUT2D eigenvalue weighted by Crippen LogP contribution is 2.66. The van der Waals surface area contributed by atoms with E-state index in [1.165, 1.54) is 0 Å². The molecule has 0 bridgehead atoms. The highest BCUT2D eigenvalue weighted by Gasteiger charge is 2.31. The number of carbonyl (C=O) groups is 1. The smallest absolute Gasteiger partial charge is 0.334 e. The summed E-state index contributed by atoms with van der Waals surface area (Å²) in [6, 6.07) is 5.18. The Kier molecular flexibility index (Phi) is 15.4. The van der Waals surface area contributed by atoms with Crippen LogP contribution in [-0.2, 0) is 50.8 Å². The molecule has 1 rings (SSSR count). The van der Waals surface area contributed by atoms with Crippen molar-refractivity contribution in [1.82, 2.24) is 4.98 Å². The van der Waals surface area contributed by atoms with Crippen LogP contribution in [0, 0.1) is 0 Å². The molecular weight excluding hydrogens is 444 g/mol. The summed E-state index contributed by atoms with van der Waals surface area (Å²) < 4.78 is 31.7. The van der Waals surface area contributed by atoms with Crippen LogP contribution in [0.1, 0.15) is 41.0 Å². The van der Waals surface area contributed by atoms with Crippen molar-refractivity contribution in [3.8, 4) is 5.88 Å². The molecule has 0 saturated carbocycles. The van der Waals surface area contributed by atoms with Crippen LogP contribution in [0.15, 0.2) is 24.4 Å². The Morgan fingerprint density at radius 2 is 1.36 bits per heavy atom. The minimum Gasteiger partial charge on any atom is -0.407 e. The van der Waals surface area contributed by atoms with Crippen molar-refractivity contribution in [1.29, 1.82) is 0 Å². The van der Waals surface area contributed by atoms with E-state index in [0.29, 0.717) is 38.7 Å². The summed E-state index contributed by atoms with van der Waals surface area (Å²) >= 11 is 10.4. The Labute approximate surface area is 177 Å². The van der Waals surface area contributed by atoms with Crippen molar-refractivity contribution in [3.05, 3.63) is 24.4 Å². The zero-order valence-electron chi connectivity index (χ0n) is 16.9. The van der Waals surface area contributed by atoms with Gasteiger partial charge in [0.25, 0.3) is 0 Å². The molecule has 1 aromatic heterocycles. The van der Waals surface area contributed by atoms with Gasteiger partial charge in [-0.3, -0.25) is 4.79 Å². The molecule has 0 radical (unpaired) electrons. The topological polar surface area (TPSA) is 85.3 Å². The van der Waals surface area contributed by atoms with Crippen LogP contribution in [0.5, 0.6) is 5.88 Å². The Balaban J connectivity index is 0.000000567. The molecule has 0 atom stereocenters. The van der Waals surface area contributed by atoms with Crippen molar-refractivity contribution in [2.24, 2.45) is 0 Å². The monoisotopic (exact) mass is 473 g/mol. The van der Waals surface area contributed by atoms with Gasteiger partial charge >= 0.3 is 19.4 Å². The maximum absolute atomic E-state index is 10.7. The van der Waals surface area contributed by atoms with Gasteiger partial charge in [-0.15, -0.1) is 0 Å². The van der Waals surface area contributed by atoms with E-state index in [1.54, 1.807) is 31.3 Å². The van der Waals surface area contributed by atoms with Gasteiger partial charge in [-0.2, -0.15) is 0 Å². The predicted octanol–water partition coefficient (Wildman–Crippen LogP) is 5.00. The number of carbonyl (C=O) groups excluding carboxylic acids is 1. The van der Waals surface area contributed by atoms with E-state index >= 15 is 0 Å². The van der Waals surface area contributed by atoms with Gasteiger partial charge in [-0.05, 0) is 57.4 Å². The number of nitrogens with zero attached hydrogens (tertiary/aromatic N) is 1. The second kappa shape index (κ2) is 15.5. The Bertz CT molecular complexity index is 601. The van der Waals surface area contributed by atoms with Gasteiger partial charge in [-0.25, -0.2) is 9.29 Å². The molecule has 0 aliphatic carbocycles. The molecule has 0 aromatic carbocycles.